The maximum Gasteiger partial charge on any atom is 0.142 e. The Hall–Kier alpha value is -2.61. The Balaban J connectivity index is 2.33. The van der Waals surface area contributed by atoms with Gasteiger partial charge in [-0.25, -0.2) is 0 Å². The van der Waals surface area contributed by atoms with E-state index in [0.717, 1.165) is 6.42 Å². The third kappa shape index (κ3) is 3.82. The summed E-state index contributed by atoms with van der Waals surface area (Å²) in [6, 6.07) is 21.4. The van der Waals surface area contributed by atoms with Crippen LogP contribution in [-0.4, -0.2) is 0 Å². The molecular formula is C26H29FO. The number of benzene rings is 3. The molecule has 0 N–H and O–H groups in total. The predicted octanol–water partition coefficient (Wildman–Crippen LogP) is 8.10. The number of hydrogen-bond donors (Lipinski definition) is 0. The largest absolute Gasteiger partial charge is 0.300 e. The molecule has 28 heavy (non-hydrogen) atoms. The first kappa shape index (κ1) is 20.1. The molecule has 3 aromatic rings. The Labute approximate surface area is 167 Å². The standard InChI is InChI=1S/C26H29FO/c1-6-26(4,5)24-14-10-9-13-22(24)23-16-15-20-11-7-8-12-21(20)25(23)18(2)17-19(3)28-27/h7-18H,6H2,1-5H3/b19-17-/t18-/m1/s1. The molecule has 0 aliphatic carbocycles. The van der Waals surface area contributed by atoms with Crippen molar-refractivity contribution in [2.24, 2.45) is 0 Å². The van der Waals surface area contributed by atoms with E-state index in [4.69, 9.17) is 0 Å². The summed E-state index contributed by atoms with van der Waals surface area (Å²) < 4.78 is 12.7. The van der Waals surface area contributed by atoms with Crippen LogP contribution in [0.5, 0.6) is 0 Å². The van der Waals surface area contributed by atoms with Gasteiger partial charge in [0.05, 0.1) is 0 Å². The van der Waals surface area contributed by atoms with Gasteiger partial charge in [-0.3, -0.25) is 4.94 Å². The van der Waals surface area contributed by atoms with Gasteiger partial charge in [0.25, 0.3) is 0 Å². The van der Waals surface area contributed by atoms with Crippen molar-refractivity contribution < 1.29 is 9.47 Å². The molecule has 0 aromatic heterocycles. The lowest BCUT2D eigenvalue weighted by atomic mass is 9.76. The number of allylic oxidation sites excluding steroid dienone is 2. The fourth-order valence-electron chi connectivity index (χ4n) is 3.98. The third-order valence-corrected chi connectivity index (χ3v) is 5.86. The normalized spacial score (nSPS) is 13.6. The van der Waals surface area contributed by atoms with E-state index in [2.05, 4.69) is 93.3 Å². The van der Waals surface area contributed by atoms with E-state index in [0.29, 0.717) is 0 Å². The topological polar surface area (TPSA) is 9.23 Å². The fourth-order valence-corrected chi connectivity index (χ4v) is 3.98. The van der Waals surface area contributed by atoms with Crippen molar-refractivity contribution in [3.05, 3.63) is 83.6 Å². The van der Waals surface area contributed by atoms with Crippen molar-refractivity contribution in [2.45, 2.75) is 52.4 Å². The molecule has 146 valence electrons. The van der Waals surface area contributed by atoms with Crippen molar-refractivity contribution in [3.8, 4) is 11.1 Å². The quantitative estimate of drug-likeness (QED) is 0.395. The van der Waals surface area contributed by atoms with Crippen molar-refractivity contribution in [2.75, 3.05) is 0 Å². The summed E-state index contributed by atoms with van der Waals surface area (Å²) in [5.74, 6) is 0.295. The van der Waals surface area contributed by atoms with E-state index in [1.807, 2.05) is 6.08 Å². The van der Waals surface area contributed by atoms with Crippen molar-refractivity contribution in [1.29, 1.82) is 0 Å². The van der Waals surface area contributed by atoms with Crippen LogP contribution in [0.1, 0.15) is 58.1 Å². The summed E-state index contributed by atoms with van der Waals surface area (Å²) in [6.07, 6.45) is 2.90. The van der Waals surface area contributed by atoms with Crippen LogP contribution in [0.3, 0.4) is 0 Å². The average Bonchev–Trinajstić information content (AvgIpc) is 2.72. The molecule has 3 rings (SSSR count). The number of fused-ring (bicyclic) bond motifs is 1. The van der Waals surface area contributed by atoms with Crippen LogP contribution in [0.2, 0.25) is 0 Å². The first-order chi connectivity index (χ1) is 13.4. The first-order valence-corrected chi connectivity index (χ1v) is 9.97. The Morgan fingerprint density at radius 2 is 1.68 bits per heavy atom. The van der Waals surface area contributed by atoms with E-state index in [-0.39, 0.29) is 17.1 Å². The molecule has 0 unspecified atom stereocenters. The van der Waals surface area contributed by atoms with Crippen LogP contribution in [0.15, 0.2) is 72.5 Å². The smallest absolute Gasteiger partial charge is 0.142 e. The lowest BCUT2D eigenvalue weighted by Gasteiger charge is -2.28. The number of halogens is 1. The van der Waals surface area contributed by atoms with Gasteiger partial charge in [0.15, 0.2) is 0 Å². The van der Waals surface area contributed by atoms with E-state index in [9.17, 15) is 4.53 Å². The minimum atomic E-state index is 0.00893. The summed E-state index contributed by atoms with van der Waals surface area (Å²) in [7, 11) is 0. The molecule has 0 saturated heterocycles. The Morgan fingerprint density at radius 3 is 2.39 bits per heavy atom. The van der Waals surface area contributed by atoms with Gasteiger partial charge in [0.2, 0.25) is 0 Å². The third-order valence-electron chi connectivity index (χ3n) is 5.86. The van der Waals surface area contributed by atoms with Crippen LogP contribution in [-0.2, 0) is 10.4 Å². The lowest BCUT2D eigenvalue weighted by molar-refractivity contribution is -0.0825. The second-order valence-corrected chi connectivity index (χ2v) is 8.17. The molecule has 0 heterocycles. The minimum absolute atomic E-state index is 0.00893. The molecule has 1 atom stereocenters. The van der Waals surface area contributed by atoms with Gasteiger partial charge in [-0.2, -0.15) is 0 Å². The van der Waals surface area contributed by atoms with E-state index < -0.39 is 0 Å². The van der Waals surface area contributed by atoms with Crippen molar-refractivity contribution in [3.63, 3.8) is 0 Å². The second-order valence-electron chi connectivity index (χ2n) is 8.17. The zero-order valence-corrected chi connectivity index (χ0v) is 17.4. The molecule has 0 fully saturated rings. The molecule has 3 aromatic carbocycles. The van der Waals surface area contributed by atoms with Crippen LogP contribution >= 0.6 is 0 Å². The van der Waals surface area contributed by atoms with Crippen molar-refractivity contribution in [1.82, 2.24) is 0 Å². The summed E-state index contributed by atoms with van der Waals surface area (Å²) >= 11 is 0. The molecule has 0 aliphatic rings. The summed E-state index contributed by atoms with van der Waals surface area (Å²) in [5, 5.41) is 2.38. The van der Waals surface area contributed by atoms with Gasteiger partial charge in [0.1, 0.15) is 5.76 Å². The van der Waals surface area contributed by atoms with Crippen LogP contribution in [0.4, 0.5) is 4.53 Å². The molecule has 0 aliphatic heterocycles. The molecule has 0 saturated carbocycles. The molecule has 2 heteroatoms. The molecule has 0 bridgehead atoms. The lowest BCUT2D eigenvalue weighted by Crippen LogP contribution is -2.17. The molecular weight excluding hydrogens is 347 g/mol. The zero-order valence-electron chi connectivity index (χ0n) is 17.4. The van der Waals surface area contributed by atoms with Gasteiger partial charge in [-0.1, -0.05) is 88.4 Å². The van der Waals surface area contributed by atoms with Crippen molar-refractivity contribution >= 4 is 10.8 Å². The Kier molecular flexibility index (Phi) is 5.88. The maximum absolute atomic E-state index is 12.7. The summed E-state index contributed by atoms with van der Waals surface area (Å²) in [5.41, 5.74) is 5.05. The SMILES string of the molecule is CCC(C)(C)c1ccccc1-c1ccc2ccccc2c1[C@H](C)/C=C(/C)OF. The molecule has 0 amide bonds. The van der Waals surface area contributed by atoms with Crippen LogP contribution < -0.4 is 0 Å². The van der Waals surface area contributed by atoms with Crippen LogP contribution in [0.25, 0.3) is 21.9 Å². The Morgan fingerprint density at radius 1 is 1.00 bits per heavy atom. The molecule has 0 radical (unpaired) electrons. The first-order valence-electron chi connectivity index (χ1n) is 9.97. The number of hydrogen-bond acceptors (Lipinski definition) is 1. The predicted molar refractivity (Wildman–Crippen MR) is 117 cm³/mol. The highest BCUT2D eigenvalue weighted by Crippen LogP contribution is 2.41. The fraction of sp³-hybridized carbons (Fsp3) is 0.308. The van der Waals surface area contributed by atoms with Gasteiger partial charge in [-0.15, -0.1) is 0 Å². The molecule has 0 spiro atoms. The monoisotopic (exact) mass is 376 g/mol. The van der Waals surface area contributed by atoms with E-state index >= 15 is 0 Å². The maximum atomic E-state index is 12.7. The minimum Gasteiger partial charge on any atom is -0.300 e. The summed E-state index contributed by atoms with van der Waals surface area (Å²) in [6.45, 7) is 10.6. The average molecular weight is 377 g/mol. The Bertz CT molecular complexity index is 1000. The van der Waals surface area contributed by atoms with Gasteiger partial charge < -0.3 is 0 Å². The zero-order chi connectivity index (χ0) is 20.3. The highest BCUT2D eigenvalue weighted by Gasteiger charge is 2.24. The van der Waals surface area contributed by atoms with Crippen LogP contribution in [0, 0.1) is 0 Å². The van der Waals surface area contributed by atoms with Gasteiger partial charge in [0, 0.05) is 10.4 Å². The van der Waals surface area contributed by atoms with E-state index in [1.165, 1.54) is 33.0 Å². The van der Waals surface area contributed by atoms with Gasteiger partial charge in [-0.05, 0) is 57.9 Å². The van der Waals surface area contributed by atoms with Gasteiger partial charge >= 0.3 is 0 Å². The highest BCUT2D eigenvalue weighted by atomic mass is 19.3. The second kappa shape index (κ2) is 8.18. The highest BCUT2D eigenvalue weighted by molar-refractivity contribution is 5.93. The number of rotatable bonds is 6. The molecule has 1 nitrogen and oxygen atoms in total. The summed E-state index contributed by atoms with van der Waals surface area (Å²) in [4.78, 5) is 3.96. The van der Waals surface area contributed by atoms with E-state index in [1.54, 1.807) is 6.92 Å².